The Kier molecular flexibility index (Phi) is 4.51. The first kappa shape index (κ1) is 16.5. The van der Waals surface area contributed by atoms with Gasteiger partial charge in [-0.3, -0.25) is 4.79 Å². The van der Waals surface area contributed by atoms with Gasteiger partial charge in [0.1, 0.15) is 0 Å². The van der Waals surface area contributed by atoms with Crippen LogP contribution >= 0.6 is 0 Å². The van der Waals surface area contributed by atoms with Crippen molar-refractivity contribution < 1.29 is 31.1 Å². The van der Waals surface area contributed by atoms with Crippen molar-refractivity contribution in [1.82, 2.24) is 0 Å². The summed E-state index contributed by atoms with van der Waals surface area (Å²) in [4.78, 5) is 11.4. The summed E-state index contributed by atoms with van der Waals surface area (Å²) in [6.07, 6.45) is -12.2. The SMILES string of the molecule is Cc1ccc(CC(=O)C(C(F)(F)F)C(F)(F)F)cc1C. The van der Waals surface area contributed by atoms with Gasteiger partial charge in [0.2, 0.25) is 5.92 Å². The molecule has 0 aromatic heterocycles. The molecule has 0 saturated heterocycles. The Morgan fingerprint density at radius 2 is 1.50 bits per heavy atom. The van der Waals surface area contributed by atoms with Crippen molar-refractivity contribution in [2.75, 3.05) is 0 Å². The third-order valence-corrected chi connectivity index (χ3v) is 2.93. The number of ketones is 1. The number of carbonyl (C=O) groups is 1. The number of hydrogen-bond donors (Lipinski definition) is 0. The molecule has 0 radical (unpaired) electrons. The molecule has 1 aromatic rings. The summed E-state index contributed by atoms with van der Waals surface area (Å²) >= 11 is 0. The van der Waals surface area contributed by atoms with Gasteiger partial charge in [-0.05, 0) is 30.5 Å². The first-order valence-electron chi connectivity index (χ1n) is 5.65. The monoisotopic (exact) mass is 298 g/mol. The zero-order valence-electron chi connectivity index (χ0n) is 10.7. The summed E-state index contributed by atoms with van der Waals surface area (Å²) in [5.74, 6) is -5.83. The Labute approximate surface area is 111 Å². The van der Waals surface area contributed by atoms with E-state index in [0.717, 1.165) is 5.56 Å². The second kappa shape index (κ2) is 5.46. The van der Waals surface area contributed by atoms with Gasteiger partial charge in [-0.2, -0.15) is 26.3 Å². The minimum atomic E-state index is -5.63. The number of alkyl halides is 6. The first-order chi connectivity index (χ1) is 8.93. The molecule has 112 valence electrons. The van der Waals surface area contributed by atoms with E-state index in [1.807, 2.05) is 0 Å². The van der Waals surface area contributed by atoms with Crippen LogP contribution in [0.5, 0.6) is 0 Å². The number of hydrogen-bond acceptors (Lipinski definition) is 1. The molecule has 0 atom stereocenters. The van der Waals surface area contributed by atoms with E-state index >= 15 is 0 Å². The van der Waals surface area contributed by atoms with E-state index in [-0.39, 0.29) is 5.56 Å². The smallest absolute Gasteiger partial charge is 0.298 e. The molecule has 0 saturated carbocycles. The lowest BCUT2D eigenvalue weighted by Gasteiger charge is -2.21. The van der Waals surface area contributed by atoms with Gasteiger partial charge in [-0.1, -0.05) is 18.2 Å². The van der Waals surface area contributed by atoms with Crippen molar-refractivity contribution in [2.45, 2.75) is 32.6 Å². The quantitative estimate of drug-likeness (QED) is 0.766. The average molecular weight is 298 g/mol. The molecule has 0 heterocycles. The van der Waals surface area contributed by atoms with Crippen LogP contribution in [0, 0.1) is 19.8 Å². The van der Waals surface area contributed by atoms with Gasteiger partial charge in [0.25, 0.3) is 0 Å². The van der Waals surface area contributed by atoms with Gasteiger partial charge >= 0.3 is 12.4 Å². The molecule has 1 rings (SSSR count). The normalized spacial score (nSPS) is 12.8. The van der Waals surface area contributed by atoms with Gasteiger partial charge in [0.15, 0.2) is 5.78 Å². The topological polar surface area (TPSA) is 17.1 Å². The molecule has 0 aliphatic rings. The van der Waals surface area contributed by atoms with E-state index in [0.29, 0.717) is 5.56 Å². The van der Waals surface area contributed by atoms with E-state index in [2.05, 4.69) is 0 Å². The van der Waals surface area contributed by atoms with Crippen LogP contribution < -0.4 is 0 Å². The number of aryl methyl sites for hydroxylation is 2. The van der Waals surface area contributed by atoms with Crippen LogP contribution in [0.4, 0.5) is 26.3 Å². The summed E-state index contributed by atoms with van der Waals surface area (Å²) in [5.41, 5.74) is 1.67. The number of benzene rings is 1. The van der Waals surface area contributed by atoms with E-state index in [1.54, 1.807) is 19.9 Å². The Morgan fingerprint density at radius 1 is 1.00 bits per heavy atom. The fourth-order valence-electron chi connectivity index (χ4n) is 1.77. The van der Waals surface area contributed by atoms with E-state index in [1.165, 1.54) is 12.1 Å². The summed E-state index contributed by atoms with van der Waals surface area (Å²) in [6, 6.07) is 4.31. The van der Waals surface area contributed by atoms with Crippen LogP contribution in [0.25, 0.3) is 0 Å². The van der Waals surface area contributed by atoms with Crippen molar-refractivity contribution in [2.24, 2.45) is 5.92 Å². The van der Waals surface area contributed by atoms with Crippen molar-refractivity contribution >= 4 is 5.78 Å². The molecule has 0 bridgehead atoms. The van der Waals surface area contributed by atoms with E-state index in [4.69, 9.17) is 0 Å². The number of carbonyl (C=O) groups excluding carboxylic acids is 1. The van der Waals surface area contributed by atoms with Crippen LogP contribution in [0.1, 0.15) is 16.7 Å². The third-order valence-electron chi connectivity index (χ3n) is 2.93. The van der Waals surface area contributed by atoms with Crippen molar-refractivity contribution in [3.63, 3.8) is 0 Å². The Hall–Kier alpha value is -1.53. The highest BCUT2D eigenvalue weighted by Crippen LogP contribution is 2.40. The fraction of sp³-hybridized carbons (Fsp3) is 0.462. The van der Waals surface area contributed by atoms with Crippen LogP contribution in [0.3, 0.4) is 0 Å². The minimum absolute atomic E-state index is 0.136. The molecule has 20 heavy (non-hydrogen) atoms. The summed E-state index contributed by atoms with van der Waals surface area (Å²) in [5, 5.41) is 0. The fourth-order valence-corrected chi connectivity index (χ4v) is 1.77. The molecule has 0 aliphatic carbocycles. The predicted octanol–water partition coefficient (Wildman–Crippen LogP) is 4.16. The summed E-state index contributed by atoms with van der Waals surface area (Å²) in [7, 11) is 0. The zero-order valence-corrected chi connectivity index (χ0v) is 10.7. The van der Waals surface area contributed by atoms with Gasteiger partial charge in [-0.25, -0.2) is 0 Å². The van der Waals surface area contributed by atoms with Crippen molar-refractivity contribution in [1.29, 1.82) is 0 Å². The van der Waals surface area contributed by atoms with Gasteiger partial charge in [0.05, 0.1) is 0 Å². The second-order valence-corrected chi connectivity index (χ2v) is 4.58. The minimum Gasteiger partial charge on any atom is -0.298 e. The van der Waals surface area contributed by atoms with Crippen LogP contribution in [0.15, 0.2) is 18.2 Å². The standard InChI is InChI=1S/C13H12F6O/c1-7-3-4-9(5-8(7)2)6-10(20)11(12(14,15)16)13(17,18)19/h3-5,11H,6H2,1-2H3. The molecule has 0 fully saturated rings. The molecular weight excluding hydrogens is 286 g/mol. The van der Waals surface area contributed by atoms with Crippen molar-refractivity contribution in [3.8, 4) is 0 Å². The maximum atomic E-state index is 12.4. The largest absolute Gasteiger partial charge is 0.407 e. The molecule has 7 heteroatoms. The lowest BCUT2D eigenvalue weighted by atomic mass is 9.95. The van der Waals surface area contributed by atoms with Crippen LogP contribution in [-0.4, -0.2) is 18.1 Å². The van der Waals surface area contributed by atoms with Gasteiger partial charge in [-0.15, -0.1) is 0 Å². The maximum Gasteiger partial charge on any atom is 0.407 e. The molecule has 0 N–H and O–H groups in total. The van der Waals surface area contributed by atoms with Crippen LogP contribution in [-0.2, 0) is 11.2 Å². The number of rotatable bonds is 3. The lowest BCUT2D eigenvalue weighted by molar-refractivity contribution is -0.273. The molecule has 0 spiro atoms. The van der Waals surface area contributed by atoms with Crippen LogP contribution in [0.2, 0.25) is 0 Å². The Morgan fingerprint density at radius 3 is 1.90 bits per heavy atom. The zero-order chi connectivity index (χ0) is 15.7. The number of Topliss-reactive ketones (excluding diaryl/α,β-unsaturated/α-hetero) is 1. The highest BCUT2D eigenvalue weighted by Gasteiger charge is 2.60. The molecule has 1 nitrogen and oxygen atoms in total. The van der Waals surface area contributed by atoms with Gasteiger partial charge in [0, 0.05) is 6.42 Å². The Balaban J connectivity index is 3.00. The molecule has 0 amide bonds. The predicted molar refractivity (Wildman–Crippen MR) is 60.2 cm³/mol. The van der Waals surface area contributed by atoms with Crippen molar-refractivity contribution in [3.05, 3.63) is 34.9 Å². The van der Waals surface area contributed by atoms with E-state index < -0.39 is 30.5 Å². The first-order valence-corrected chi connectivity index (χ1v) is 5.65. The number of halogens is 6. The van der Waals surface area contributed by atoms with Gasteiger partial charge < -0.3 is 0 Å². The van der Waals surface area contributed by atoms with E-state index in [9.17, 15) is 31.1 Å². The highest BCUT2D eigenvalue weighted by atomic mass is 19.4. The molecular formula is C13H12F6O. The highest BCUT2D eigenvalue weighted by molar-refractivity contribution is 5.84. The second-order valence-electron chi connectivity index (χ2n) is 4.58. The molecule has 0 unspecified atom stereocenters. The molecule has 1 aromatic carbocycles. The third kappa shape index (κ3) is 3.98. The summed E-state index contributed by atoms with van der Waals surface area (Å²) < 4.78 is 74.2. The summed E-state index contributed by atoms with van der Waals surface area (Å²) in [6.45, 7) is 3.41. The maximum absolute atomic E-state index is 12.4. The Bertz CT molecular complexity index is 487. The molecule has 0 aliphatic heterocycles. The lowest BCUT2D eigenvalue weighted by Crippen LogP contribution is -2.43. The average Bonchev–Trinajstić information content (AvgIpc) is 2.18.